The van der Waals surface area contributed by atoms with Crippen molar-refractivity contribution in [2.45, 2.75) is 13.0 Å². The van der Waals surface area contributed by atoms with Crippen LogP contribution < -0.4 is 10.6 Å². The molecule has 0 spiro atoms. The highest BCUT2D eigenvalue weighted by Gasteiger charge is 2.15. The highest BCUT2D eigenvalue weighted by molar-refractivity contribution is 5.94. The maximum atomic E-state index is 10.9. The lowest BCUT2D eigenvalue weighted by Gasteiger charge is -2.13. The number of carboxylic acids is 1. The van der Waals surface area contributed by atoms with Crippen LogP contribution in [0.5, 0.6) is 0 Å². The number of anilines is 1. The molecule has 96 valence electrons. The zero-order valence-corrected chi connectivity index (χ0v) is 10.4. The number of aromatic nitrogens is 1. The number of hydrogen-bond acceptors (Lipinski definition) is 3. The van der Waals surface area contributed by atoms with Crippen molar-refractivity contribution in [3.8, 4) is 0 Å². The second-order valence-electron chi connectivity index (χ2n) is 4.23. The fraction of sp³-hybridized carbons (Fsp3) is 0.308. The maximum absolute atomic E-state index is 10.9. The molecule has 1 unspecified atom stereocenters. The van der Waals surface area contributed by atoms with E-state index < -0.39 is 12.0 Å². The normalized spacial score (nSPS) is 12.6. The first-order valence-corrected chi connectivity index (χ1v) is 5.84. The molecule has 1 heterocycles. The van der Waals surface area contributed by atoms with E-state index in [2.05, 4.69) is 15.6 Å². The maximum Gasteiger partial charge on any atom is 0.322 e. The lowest BCUT2D eigenvalue weighted by molar-refractivity contribution is -0.138. The first-order valence-electron chi connectivity index (χ1n) is 5.84. The number of benzene rings is 1. The molecule has 5 nitrogen and oxygen atoms in total. The van der Waals surface area contributed by atoms with E-state index in [4.69, 9.17) is 5.11 Å². The van der Waals surface area contributed by atoms with Crippen LogP contribution >= 0.6 is 0 Å². The summed E-state index contributed by atoms with van der Waals surface area (Å²) in [5.41, 5.74) is 3.03. The molecule has 0 aliphatic rings. The molecule has 0 aliphatic heterocycles. The minimum Gasteiger partial charge on any atom is -0.480 e. The molecule has 2 rings (SSSR count). The Morgan fingerprint density at radius 1 is 1.44 bits per heavy atom. The van der Waals surface area contributed by atoms with Crippen LogP contribution in [0.15, 0.2) is 24.3 Å². The Morgan fingerprint density at radius 3 is 2.83 bits per heavy atom. The number of aliphatic carboxylic acids is 1. The van der Waals surface area contributed by atoms with E-state index in [1.807, 2.05) is 31.2 Å². The van der Waals surface area contributed by atoms with Crippen molar-refractivity contribution in [2.24, 2.45) is 0 Å². The van der Waals surface area contributed by atoms with Crippen LogP contribution in [0.1, 0.15) is 5.69 Å². The van der Waals surface area contributed by atoms with Crippen molar-refractivity contribution in [3.63, 3.8) is 0 Å². The van der Waals surface area contributed by atoms with E-state index in [-0.39, 0.29) is 0 Å². The minimum atomic E-state index is -0.859. The molecule has 1 aromatic heterocycles. The molecule has 0 saturated heterocycles. The standard InChI is InChI=1S/C13H17N3O2/c1-8-12(15-7-11(14-2)13(17)18)9-5-3-4-6-10(9)16-8/h3-6,11,14-16H,7H2,1-2H3,(H,17,18). The van der Waals surface area contributed by atoms with Gasteiger partial charge < -0.3 is 20.7 Å². The number of H-pyrrole nitrogens is 1. The summed E-state index contributed by atoms with van der Waals surface area (Å²) in [5.74, 6) is -0.859. The summed E-state index contributed by atoms with van der Waals surface area (Å²) in [6, 6.07) is 7.35. The quantitative estimate of drug-likeness (QED) is 0.646. The second kappa shape index (κ2) is 5.10. The molecular weight excluding hydrogens is 230 g/mol. The zero-order valence-electron chi connectivity index (χ0n) is 10.4. The Labute approximate surface area is 105 Å². The van der Waals surface area contributed by atoms with Crippen LogP contribution in [0.2, 0.25) is 0 Å². The van der Waals surface area contributed by atoms with Gasteiger partial charge in [0.15, 0.2) is 0 Å². The topological polar surface area (TPSA) is 77.1 Å². The number of fused-ring (bicyclic) bond motifs is 1. The molecule has 0 amide bonds. The summed E-state index contributed by atoms with van der Waals surface area (Å²) < 4.78 is 0. The van der Waals surface area contributed by atoms with Crippen LogP contribution in [0, 0.1) is 6.92 Å². The Hall–Kier alpha value is -2.01. The number of carbonyl (C=O) groups is 1. The Morgan fingerprint density at radius 2 is 2.17 bits per heavy atom. The van der Waals surface area contributed by atoms with Gasteiger partial charge in [0.2, 0.25) is 0 Å². The van der Waals surface area contributed by atoms with E-state index in [9.17, 15) is 4.79 Å². The van der Waals surface area contributed by atoms with Crippen LogP contribution in [-0.4, -0.2) is 35.7 Å². The number of carboxylic acid groups (broad SMARTS) is 1. The van der Waals surface area contributed by atoms with E-state index in [1.165, 1.54) is 0 Å². The predicted octanol–water partition coefficient (Wildman–Crippen LogP) is 1.56. The van der Waals surface area contributed by atoms with Gasteiger partial charge in [0.05, 0.1) is 5.69 Å². The number of likely N-dealkylation sites (N-methyl/N-ethyl adjacent to an activating group) is 1. The summed E-state index contributed by atoms with van der Waals surface area (Å²) in [5, 5.41) is 16.0. The minimum absolute atomic E-state index is 0.342. The van der Waals surface area contributed by atoms with Gasteiger partial charge in [-0.05, 0) is 20.0 Å². The molecule has 0 aliphatic carbocycles. The van der Waals surface area contributed by atoms with Gasteiger partial charge in [-0.25, -0.2) is 0 Å². The highest BCUT2D eigenvalue weighted by Crippen LogP contribution is 2.26. The van der Waals surface area contributed by atoms with Crippen molar-refractivity contribution in [2.75, 3.05) is 18.9 Å². The van der Waals surface area contributed by atoms with Gasteiger partial charge in [-0.1, -0.05) is 18.2 Å². The SMILES string of the molecule is CNC(CNc1c(C)[nH]c2ccccc12)C(=O)O. The molecule has 18 heavy (non-hydrogen) atoms. The Balaban J connectivity index is 2.21. The monoisotopic (exact) mass is 247 g/mol. The Bertz CT molecular complexity index is 562. The van der Waals surface area contributed by atoms with E-state index in [0.717, 1.165) is 22.3 Å². The van der Waals surface area contributed by atoms with Crippen LogP contribution in [-0.2, 0) is 4.79 Å². The molecule has 0 radical (unpaired) electrons. The van der Waals surface area contributed by atoms with E-state index in [1.54, 1.807) is 7.05 Å². The molecule has 5 heteroatoms. The summed E-state index contributed by atoms with van der Waals surface area (Å²) in [7, 11) is 1.64. The summed E-state index contributed by atoms with van der Waals surface area (Å²) in [4.78, 5) is 14.2. The van der Waals surface area contributed by atoms with Crippen molar-refractivity contribution in [1.29, 1.82) is 0 Å². The first-order chi connectivity index (χ1) is 8.63. The number of rotatable bonds is 5. The molecule has 0 saturated carbocycles. The lowest BCUT2D eigenvalue weighted by Crippen LogP contribution is -2.39. The van der Waals surface area contributed by atoms with Gasteiger partial charge in [0, 0.05) is 23.1 Å². The zero-order chi connectivity index (χ0) is 13.1. The Kier molecular flexibility index (Phi) is 3.53. The third-order valence-corrected chi connectivity index (χ3v) is 3.02. The van der Waals surface area contributed by atoms with Crippen molar-refractivity contribution < 1.29 is 9.90 Å². The molecule has 0 fully saturated rings. The summed E-state index contributed by atoms with van der Waals surface area (Å²) in [6.45, 7) is 2.31. The third-order valence-electron chi connectivity index (χ3n) is 3.02. The van der Waals surface area contributed by atoms with E-state index in [0.29, 0.717) is 6.54 Å². The molecule has 2 aromatic rings. The molecule has 0 bridgehead atoms. The number of aryl methyl sites for hydroxylation is 1. The molecule has 4 N–H and O–H groups in total. The molecule has 1 aromatic carbocycles. The van der Waals surface area contributed by atoms with Gasteiger partial charge in [-0.2, -0.15) is 0 Å². The highest BCUT2D eigenvalue weighted by atomic mass is 16.4. The number of nitrogens with one attached hydrogen (secondary N) is 3. The number of para-hydroxylation sites is 1. The first kappa shape index (κ1) is 12.4. The van der Waals surface area contributed by atoms with Crippen LogP contribution in [0.25, 0.3) is 10.9 Å². The van der Waals surface area contributed by atoms with Gasteiger partial charge in [-0.15, -0.1) is 0 Å². The van der Waals surface area contributed by atoms with Gasteiger partial charge in [0.1, 0.15) is 6.04 Å². The smallest absolute Gasteiger partial charge is 0.322 e. The van der Waals surface area contributed by atoms with Crippen molar-refractivity contribution >= 4 is 22.6 Å². The van der Waals surface area contributed by atoms with Gasteiger partial charge in [-0.3, -0.25) is 4.79 Å². The van der Waals surface area contributed by atoms with Crippen molar-refractivity contribution in [3.05, 3.63) is 30.0 Å². The van der Waals surface area contributed by atoms with E-state index >= 15 is 0 Å². The molecule has 1 atom stereocenters. The average Bonchev–Trinajstić information content (AvgIpc) is 2.66. The fourth-order valence-corrected chi connectivity index (χ4v) is 2.02. The third kappa shape index (κ3) is 2.31. The fourth-order valence-electron chi connectivity index (χ4n) is 2.02. The van der Waals surface area contributed by atoms with Crippen molar-refractivity contribution in [1.82, 2.24) is 10.3 Å². The van der Waals surface area contributed by atoms with Crippen LogP contribution in [0.4, 0.5) is 5.69 Å². The summed E-state index contributed by atoms with van der Waals surface area (Å²) in [6.07, 6.45) is 0. The average molecular weight is 247 g/mol. The number of aromatic amines is 1. The summed E-state index contributed by atoms with van der Waals surface area (Å²) >= 11 is 0. The lowest BCUT2D eigenvalue weighted by atomic mass is 10.2. The predicted molar refractivity (Wildman–Crippen MR) is 72.0 cm³/mol. The van der Waals surface area contributed by atoms with Crippen LogP contribution in [0.3, 0.4) is 0 Å². The molecular formula is C13H17N3O2. The van der Waals surface area contributed by atoms with Gasteiger partial charge in [0.25, 0.3) is 0 Å². The number of hydrogen-bond donors (Lipinski definition) is 4. The second-order valence-corrected chi connectivity index (χ2v) is 4.23. The largest absolute Gasteiger partial charge is 0.480 e. The van der Waals surface area contributed by atoms with Gasteiger partial charge >= 0.3 is 5.97 Å².